The van der Waals surface area contributed by atoms with Crippen LogP contribution in [0.4, 0.5) is 0 Å². The van der Waals surface area contributed by atoms with Crippen molar-refractivity contribution in [3.05, 3.63) is 11.8 Å². The lowest BCUT2D eigenvalue weighted by Crippen LogP contribution is -1.87. The number of rotatable bonds is 4. The summed E-state index contributed by atoms with van der Waals surface area (Å²) in [5.41, 5.74) is 0. The lowest BCUT2D eigenvalue weighted by atomic mass is 10.1. The molecule has 2 atom stereocenters. The van der Waals surface area contributed by atoms with Crippen LogP contribution >= 0.6 is 11.6 Å². The maximum Gasteiger partial charge on any atom is 0.220 e. The number of fused-ring (bicyclic) bond motifs is 1. The van der Waals surface area contributed by atoms with Gasteiger partial charge in [-0.05, 0) is 31.1 Å². The zero-order valence-electron chi connectivity index (χ0n) is 8.66. The van der Waals surface area contributed by atoms with Crippen molar-refractivity contribution in [2.75, 3.05) is 5.88 Å². The molecule has 4 heteroatoms. The number of hydrogen-bond donors (Lipinski definition) is 0. The minimum atomic E-state index is 0.594. The summed E-state index contributed by atoms with van der Waals surface area (Å²) in [6.07, 6.45) is 5.84. The van der Waals surface area contributed by atoms with E-state index in [1.54, 1.807) is 0 Å². The molecule has 2 aliphatic carbocycles. The molecular formula is C11H15ClN2O. The first-order valence-electron chi connectivity index (χ1n) is 5.78. The molecule has 0 aromatic carbocycles. The first-order chi connectivity index (χ1) is 7.40. The van der Waals surface area contributed by atoms with Gasteiger partial charge in [-0.15, -0.1) is 21.8 Å². The second kappa shape index (κ2) is 3.78. The van der Waals surface area contributed by atoms with Gasteiger partial charge in [-0.2, -0.15) is 0 Å². The Morgan fingerprint density at radius 1 is 1.27 bits per heavy atom. The molecule has 0 amide bonds. The fourth-order valence-corrected chi connectivity index (χ4v) is 3.04. The van der Waals surface area contributed by atoms with E-state index < -0.39 is 0 Å². The van der Waals surface area contributed by atoms with Crippen molar-refractivity contribution in [3.63, 3.8) is 0 Å². The van der Waals surface area contributed by atoms with Gasteiger partial charge in [0.15, 0.2) is 0 Å². The first kappa shape index (κ1) is 9.64. The van der Waals surface area contributed by atoms with Crippen LogP contribution in [0.3, 0.4) is 0 Å². The molecule has 2 saturated carbocycles. The molecule has 0 spiro atoms. The Hall–Kier alpha value is -0.570. The average Bonchev–Trinajstić information content (AvgIpc) is 2.73. The molecule has 0 bridgehead atoms. The monoisotopic (exact) mass is 226 g/mol. The predicted molar refractivity (Wildman–Crippen MR) is 56.9 cm³/mol. The Bertz CT molecular complexity index is 342. The zero-order chi connectivity index (χ0) is 10.3. The van der Waals surface area contributed by atoms with E-state index in [4.69, 9.17) is 16.0 Å². The Labute approximate surface area is 94.2 Å². The highest BCUT2D eigenvalue weighted by Gasteiger charge is 2.56. The van der Waals surface area contributed by atoms with Gasteiger partial charge >= 0.3 is 0 Å². The quantitative estimate of drug-likeness (QED) is 0.741. The van der Waals surface area contributed by atoms with Gasteiger partial charge in [-0.1, -0.05) is 6.42 Å². The molecule has 1 aromatic heterocycles. The van der Waals surface area contributed by atoms with Crippen molar-refractivity contribution in [3.8, 4) is 0 Å². The highest BCUT2D eigenvalue weighted by molar-refractivity contribution is 6.17. The topological polar surface area (TPSA) is 38.9 Å². The van der Waals surface area contributed by atoms with E-state index in [-0.39, 0.29) is 0 Å². The summed E-state index contributed by atoms with van der Waals surface area (Å²) in [7, 11) is 0. The van der Waals surface area contributed by atoms with E-state index in [0.717, 1.165) is 36.5 Å². The van der Waals surface area contributed by atoms with E-state index in [2.05, 4.69) is 10.2 Å². The van der Waals surface area contributed by atoms with Crippen molar-refractivity contribution in [1.82, 2.24) is 10.2 Å². The molecule has 0 N–H and O–H groups in total. The molecule has 0 aliphatic heterocycles. The number of nitrogens with zero attached hydrogens (tertiary/aromatic N) is 2. The highest BCUT2D eigenvalue weighted by Crippen LogP contribution is 2.62. The number of hydrogen-bond acceptors (Lipinski definition) is 3. The molecule has 2 aliphatic rings. The largest absolute Gasteiger partial charge is 0.425 e. The SMILES string of the molecule is ClCCCc1nnc(C2C3CCCC32)o1. The van der Waals surface area contributed by atoms with Crippen molar-refractivity contribution in [1.29, 1.82) is 0 Å². The van der Waals surface area contributed by atoms with Gasteiger partial charge in [0.25, 0.3) is 0 Å². The molecule has 2 unspecified atom stereocenters. The van der Waals surface area contributed by atoms with Crippen molar-refractivity contribution in [2.24, 2.45) is 11.8 Å². The Morgan fingerprint density at radius 3 is 2.80 bits per heavy atom. The number of aromatic nitrogens is 2. The Balaban J connectivity index is 1.64. The summed E-state index contributed by atoms with van der Waals surface area (Å²) < 4.78 is 5.67. The van der Waals surface area contributed by atoms with Crippen LogP contribution in [0.1, 0.15) is 43.4 Å². The summed E-state index contributed by atoms with van der Waals surface area (Å²) in [4.78, 5) is 0. The normalized spacial score (nSPS) is 33.0. The number of alkyl halides is 1. The van der Waals surface area contributed by atoms with E-state index in [1.807, 2.05) is 0 Å². The van der Waals surface area contributed by atoms with Crippen molar-refractivity contribution in [2.45, 2.75) is 38.0 Å². The molecule has 0 saturated heterocycles. The molecule has 82 valence electrons. The number of aryl methyl sites for hydroxylation is 1. The molecule has 1 aromatic rings. The lowest BCUT2D eigenvalue weighted by Gasteiger charge is -1.95. The minimum absolute atomic E-state index is 0.594. The van der Waals surface area contributed by atoms with Crippen LogP contribution < -0.4 is 0 Å². The van der Waals surface area contributed by atoms with Crippen LogP contribution in [0, 0.1) is 11.8 Å². The van der Waals surface area contributed by atoms with Crippen LogP contribution in [-0.4, -0.2) is 16.1 Å². The third kappa shape index (κ3) is 1.67. The minimum Gasteiger partial charge on any atom is -0.425 e. The smallest absolute Gasteiger partial charge is 0.220 e. The van der Waals surface area contributed by atoms with Gasteiger partial charge < -0.3 is 4.42 Å². The predicted octanol–water partition coefficient (Wildman–Crippen LogP) is 2.75. The summed E-state index contributed by atoms with van der Waals surface area (Å²) >= 11 is 5.62. The summed E-state index contributed by atoms with van der Waals surface area (Å²) in [6.45, 7) is 0. The molecule has 3 nitrogen and oxygen atoms in total. The third-order valence-electron chi connectivity index (χ3n) is 3.70. The maximum absolute atomic E-state index is 5.67. The zero-order valence-corrected chi connectivity index (χ0v) is 9.41. The van der Waals surface area contributed by atoms with E-state index in [0.29, 0.717) is 11.8 Å². The van der Waals surface area contributed by atoms with Crippen LogP contribution in [0.2, 0.25) is 0 Å². The third-order valence-corrected chi connectivity index (χ3v) is 3.97. The lowest BCUT2D eigenvalue weighted by molar-refractivity contribution is 0.431. The van der Waals surface area contributed by atoms with E-state index in [1.165, 1.54) is 19.3 Å². The van der Waals surface area contributed by atoms with Crippen LogP contribution in [0.15, 0.2) is 4.42 Å². The van der Waals surface area contributed by atoms with Gasteiger partial charge in [-0.25, -0.2) is 0 Å². The van der Waals surface area contributed by atoms with Gasteiger partial charge in [0.1, 0.15) is 0 Å². The van der Waals surface area contributed by atoms with E-state index in [9.17, 15) is 0 Å². The second-order valence-corrected chi connectivity index (χ2v) is 4.99. The second-order valence-electron chi connectivity index (χ2n) is 4.61. The fraction of sp³-hybridized carbons (Fsp3) is 0.818. The Kier molecular flexibility index (Phi) is 2.43. The summed E-state index contributed by atoms with van der Waals surface area (Å²) in [5, 5.41) is 8.22. The van der Waals surface area contributed by atoms with Gasteiger partial charge in [0.05, 0.1) is 0 Å². The van der Waals surface area contributed by atoms with E-state index >= 15 is 0 Å². The summed E-state index contributed by atoms with van der Waals surface area (Å²) in [5.74, 6) is 4.60. The molecule has 2 fully saturated rings. The van der Waals surface area contributed by atoms with Gasteiger partial charge in [0, 0.05) is 18.2 Å². The first-order valence-corrected chi connectivity index (χ1v) is 6.32. The maximum atomic E-state index is 5.67. The van der Waals surface area contributed by atoms with Gasteiger partial charge in [-0.3, -0.25) is 0 Å². The standard InChI is InChI=1S/C11H15ClN2O/c12-6-2-5-9-13-14-11(15-9)10-7-3-1-4-8(7)10/h7-8,10H,1-6H2. The summed E-state index contributed by atoms with van der Waals surface area (Å²) in [6, 6.07) is 0. The van der Waals surface area contributed by atoms with Crippen molar-refractivity contribution < 1.29 is 4.42 Å². The average molecular weight is 227 g/mol. The fourth-order valence-electron chi connectivity index (χ4n) is 2.91. The van der Waals surface area contributed by atoms with Crippen LogP contribution in [0.5, 0.6) is 0 Å². The van der Waals surface area contributed by atoms with Gasteiger partial charge in [0.2, 0.25) is 11.8 Å². The molecule has 1 heterocycles. The molecule has 15 heavy (non-hydrogen) atoms. The molecule has 0 radical (unpaired) electrons. The Morgan fingerprint density at radius 2 is 2.07 bits per heavy atom. The van der Waals surface area contributed by atoms with Crippen LogP contribution in [-0.2, 0) is 6.42 Å². The molecular weight excluding hydrogens is 212 g/mol. The highest BCUT2D eigenvalue weighted by atomic mass is 35.5. The number of halogens is 1. The van der Waals surface area contributed by atoms with Crippen LogP contribution in [0.25, 0.3) is 0 Å². The molecule has 3 rings (SSSR count). The van der Waals surface area contributed by atoms with Crippen molar-refractivity contribution >= 4 is 11.6 Å².